The predicted octanol–water partition coefficient (Wildman–Crippen LogP) is 1.40. The summed E-state index contributed by atoms with van der Waals surface area (Å²) < 4.78 is 5.37. The third-order valence-electron chi connectivity index (χ3n) is 4.02. The van der Waals surface area contributed by atoms with Crippen LogP contribution < -0.4 is 15.5 Å². The van der Waals surface area contributed by atoms with Crippen LogP contribution in [0.25, 0.3) is 0 Å². The van der Waals surface area contributed by atoms with Crippen LogP contribution in [0.2, 0.25) is 0 Å². The van der Waals surface area contributed by atoms with E-state index in [4.69, 9.17) is 17.0 Å². The average Bonchev–Trinajstić information content (AvgIpc) is 2.53. The topological polar surface area (TPSA) is 37.7 Å². The van der Waals surface area contributed by atoms with Crippen LogP contribution in [-0.2, 0) is 4.74 Å². The van der Waals surface area contributed by atoms with Gasteiger partial charge in [0.25, 0.3) is 0 Å². The second kappa shape index (κ2) is 9.08. The van der Waals surface area contributed by atoms with Crippen molar-refractivity contribution >= 4 is 23.0 Å². The second-order valence-electron chi connectivity index (χ2n) is 6.09. The summed E-state index contributed by atoms with van der Waals surface area (Å²) in [6, 6.07) is 8.35. The lowest BCUT2D eigenvalue weighted by Gasteiger charge is -2.23. The van der Waals surface area contributed by atoms with Crippen LogP contribution in [0.1, 0.15) is 31.7 Å². The van der Waals surface area contributed by atoms with Gasteiger partial charge in [0.05, 0.1) is 19.8 Å². The van der Waals surface area contributed by atoms with Gasteiger partial charge in [-0.25, -0.2) is 0 Å². The zero-order valence-corrected chi connectivity index (χ0v) is 14.5. The highest BCUT2D eigenvalue weighted by molar-refractivity contribution is 7.80. The first kappa shape index (κ1) is 17.2. The summed E-state index contributed by atoms with van der Waals surface area (Å²) in [6.07, 6.45) is 1.13. The Morgan fingerprint density at radius 1 is 1.27 bits per heavy atom. The van der Waals surface area contributed by atoms with Crippen LogP contribution in [0.3, 0.4) is 0 Å². The van der Waals surface area contributed by atoms with Crippen LogP contribution in [0.15, 0.2) is 24.3 Å². The molecule has 1 aromatic rings. The summed E-state index contributed by atoms with van der Waals surface area (Å²) in [7, 11) is 0. The van der Waals surface area contributed by atoms with Gasteiger partial charge in [-0.3, -0.25) is 0 Å². The maximum Gasteiger partial charge on any atom is 0.170 e. The van der Waals surface area contributed by atoms with Crippen LogP contribution >= 0.6 is 12.2 Å². The molecule has 1 saturated heterocycles. The molecule has 122 valence electrons. The van der Waals surface area contributed by atoms with Crippen molar-refractivity contribution < 1.29 is 9.64 Å². The summed E-state index contributed by atoms with van der Waals surface area (Å²) in [4.78, 5) is 1.64. The number of hydrogen-bond donors (Lipinski definition) is 3. The fourth-order valence-electron chi connectivity index (χ4n) is 2.73. The molecule has 1 aliphatic heterocycles. The normalized spacial score (nSPS) is 15.8. The van der Waals surface area contributed by atoms with Gasteiger partial charge in [0, 0.05) is 18.7 Å². The molecule has 1 fully saturated rings. The molecule has 4 nitrogen and oxygen atoms in total. The Balaban J connectivity index is 1.69. The van der Waals surface area contributed by atoms with E-state index in [1.165, 1.54) is 12.1 Å². The Morgan fingerprint density at radius 2 is 2.00 bits per heavy atom. The summed E-state index contributed by atoms with van der Waals surface area (Å²) in [5.74, 6) is 0.483. The molecule has 0 spiro atoms. The molecular formula is C17H28N3OS+. The van der Waals surface area contributed by atoms with Gasteiger partial charge >= 0.3 is 0 Å². The van der Waals surface area contributed by atoms with Gasteiger partial charge in [-0.2, -0.15) is 0 Å². The highest BCUT2D eigenvalue weighted by Crippen LogP contribution is 2.23. The van der Waals surface area contributed by atoms with Crippen LogP contribution in [0, 0.1) is 0 Å². The molecule has 0 saturated carbocycles. The van der Waals surface area contributed by atoms with E-state index in [1.807, 2.05) is 6.07 Å². The molecule has 2 rings (SSSR count). The van der Waals surface area contributed by atoms with Crippen molar-refractivity contribution in [2.24, 2.45) is 0 Å². The fourth-order valence-corrected chi connectivity index (χ4v) is 2.94. The van der Waals surface area contributed by atoms with E-state index in [0.29, 0.717) is 11.0 Å². The van der Waals surface area contributed by atoms with Crippen LogP contribution in [-0.4, -0.2) is 44.5 Å². The minimum Gasteiger partial charge on any atom is -0.370 e. The SMILES string of the molecule is CC(C)c1ccccc1NC(=S)NCCC[NH+]1CCOCC1. The van der Waals surface area contributed by atoms with Crippen LogP contribution in [0.5, 0.6) is 0 Å². The lowest BCUT2D eigenvalue weighted by molar-refractivity contribution is -0.908. The monoisotopic (exact) mass is 322 g/mol. The Labute approximate surface area is 139 Å². The lowest BCUT2D eigenvalue weighted by Crippen LogP contribution is -3.14. The molecule has 1 aromatic carbocycles. The largest absolute Gasteiger partial charge is 0.370 e. The van der Waals surface area contributed by atoms with Gasteiger partial charge in [-0.05, 0) is 29.8 Å². The summed E-state index contributed by atoms with van der Waals surface area (Å²) in [5, 5.41) is 7.35. The van der Waals surface area contributed by atoms with Crippen LogP contribution in [0.4, 0.5) is 5.69 Å². The van der Waals surface area contributed by atoms with Gasteiger partial charge in [-0.1, -0.05) is 32.0 Å². The van der Waals surface area contributed by atoms with Crippen molar-refractivity contribution in [1.29, 1.82) is 0 Å². The number of benzene rings is 1. The van der Waals surface area contributed by atoms with Gasteiger partial charge < -0.3 is 20.3 Å². The first-order valence-electron chi connectivity index (χ1n) is 8.22. The van der Waals surface area contributed by atoms with Crippen molar-refractivity contribution in [3.05, 3.63) is 29.8 Å². The molecule has 5 heteroatoms. The molecule has 1 heterocycles. The Bertz CT molecular complexity index is 473. The van der Waals surface area contributed by atoms with Gasteiger partial charge in [-0.15, -0.1) is 0 Å². The first-order valence-corrected chi connectivity index (χ1v) is 8.62. The lowest BCUT2D eigenvalue weighted by atomic mass is 10.0. The summed E-state index contributed by atoms with van der Waals surface area (Å²) >= 11 is 5.40. The molecule has 0 amide bonds. The summed E-state index contributed by atoms with van der Waals surface area (Å²) in [5.41, 5.74) is 2.40. The molecule has 1 aliphatic rings. The third-order valence-corrected chi connectivity index (χ3v) is 4.27. The van der Waals surface area contributed by atoms with Crippen molar-refractivity contribution in [3.63, 3.8) is 0 Å². The quantitative estimate of drug-likeness (QED) is 0.547. The molecule has 0 unspecified atom stereocenters. The van der Waals surface area contributed by atoms with Crippen molar-refractivity contribution in [3.8, 4) is 0 Å². The second-order valence-corrected chi connectivity index (χ2v) is 6.50. The van der Waals surface area contributed by atoms with E-state index in [9.17, 15) is 0 Å². The number of ether oxygens (including phenoxy) is 1. The highest BCUT2D eigenvalue weighted by atomic mass is 32.1. The molecule has 3 N–H and O–H groups in total. The molecule has 0 aromatic heterocycles. The minimum atomic E-state index is 0.483. The molecule has 0 aliphatic carbocycles. The maximum atomic E-state index is 5.40. The van der Waals surface area contributed by atoms with Gasteiger partial charge in [0.1, 0.15) is 13.1 Å². The van der Waals surface area contributed by atoms with Crippen molar-refractivity contribution in [1.82, 2.24) is 5.32 Å². The molecule has 22 heavy (non-hydrogen) atoms. The van der Waals surface area contributed by atoms with E-state index >= 15 is 0 Å². The molecule has 0 atom stereocenters. The minimum absolute atomic E-state index is 0.483. The van der Waals surface area contributed by atoms with Gasteiger partial charge in [0.2, 0.25) is 0 Å². The predicted molar refractivity (Wildman–Crippen MR) is 95.8 cm³/mol. The zero-order valence-electron chi connectivity index (χ0n) is 13.7. The smallest absolute Gasteiger partial charge is 0.170 e. The number of quaternary nitrogens is 1. The standard InChI is InChI=1S/C17H27N3OS/c1-14(2)15-6-3-4-7-16(15)19-17(22)18-8-5-9-20-10-12-21-13-11-20/h3-4,6-7,14H,5,8-13H2,1-2H3,(H2,18,19,22)/p+1. The number of hydrogen-bond acceptors (Lipinski definition) is 2. The number of morpholine rings is 1. The number of thiocarbonyl (C=S) groups is 1. The zero-order chi connectivity index (χ0) is 15.8. The summed E-state index contributed by atoms with van der Waals surface area (Å²) in [6.45, 7) is 10.5. The van der Waals surface area contributed by atoms with E-state index in [-0.39, 0.29) is 0 Å². The Kier molecular flexibility index (Phi) is 7.09. The molecular weight excluding hydrogens is 294 g/mol. The molecule has 0 bridgehead atoms. The Hall–Kier alpha value is -1.17. The van der Waals surface area contributed by atoms with Gasteiger partial charge in [0.15, 0.2) is 5.11 Å². The Morgan fingerprint density at radius 3 is 2.73 bits per heavy atom. The first-order chi connectivity index (χ1) is 10.7. The third kappa shape index (κ3) is 5.55. The molecule has 0 radical (unpaired) electrons. The van der Waals surface area contributed by atoms with E-state index < -0.39 is 0 Å². The van der Waals surface area contributed by atoms with Crippen molar-refractivity contribution in [2.75, 3.05) is 44.7 Å². The number of para-hydroxylation sites is 1. The number of nitrogens with one attached hydrogen (secondary N) is 3. The van der Waals surface area contributed by atoms with Crippen molar-refractivity contribution in [2.45, 2.75) is 26.2 Å². The van der Waals surface area contributed by atoms with E-state index in [1.54, 1.807) is 4.90 Å². The number of rotatable bonds is 6. The van der Waals surface area contributed by atoms with E-state index in [0.717, 1.165) is 45.0 Å². The highest BCUT2D eigenvalue weighted by Gasteiger charge is 2.12. The fraction of sp³-hybridized carbons (Fsp3) is 0.588. The number of anilines is 1. The average molecular weight is 322 g/mol. The maximum absolute atomic E-state index is 5.40. The van der Waals surface area contributed by atoms with E-state index in [2.05, 4.69) is 42.7 Å².